The summed E-state index contributed by atoms with van der Waals surface area (Å²) in [5.74, 6) is 0.841. The van der Waals surface area contributed by atoms with E-state index in [2.05, 4.69) is 15.5 Å². The fraction of sp³-hybridized carbons (Fsp3) is 0.357. The average molecular weight is 288 g/mol. The molecule has 3 N–H and O–H groups in total. The van der Waals surface area contributed by atoms with Gasteiger partial charge in [-0.15, -0.1) is 10.2 Å². The van der Waals surface area contributed by atoms with Crippen molar-refractivity contribution in [3.8, 4) is 0 Å². The minimum absolute atomic E-state index is 0.0497. The van der Waals surface area contributed by atoms with E-state index in [1.165, 1.54) is 4.90 Å². The van der Waals surface area contributed by atoms with E-state index < -0.39 is 0 Å². The van der Waals surface area contributed by atoms with Crippen molar-refractivity contribution in [2.24, 2.45) is 7.05 Å². The summed E-state index contributed by atoms with van der Waals surface area (Å²) in [6, 6.07) is 5.24. The Balaban J connectivity index is 2.04. The van der Waals surface area contributed by atoms with Crippen LogP contribution >= 0.6 is 0 Å². The van der Waals surface area contributed by atoms with Gasteiger partial charge in [0.1, 0.15) is 12.2 Å². The second kappa shape index (κ2) is 6.25. The molecule has 1 aromatic heterocycles. The second-order valence-corrected chi connectivity index (χ2v) is 5.04. The Morgan fingerprint density at radius 2 is 2.19 bits per heavy atom. The largest absolute Gasteiger partial charge is 0.397 e. The molecule has 1 aromatic carbocycles. The highest BCUT2D eigenvalue weighted by Crippen LogP contribution is 2.20. The van der Waals surface area contributed by atoms with E-state index in [9.17, 15) is 4.79 Å². The molecule has 7 nitrogen and oxygen atoms in total. The minimum Gasteiger partial charge on any atom is -0.397 e. The molecule has 0 saturated carbocycles. The lowest BCUT2D eigenvalue weighted by Crippen LogP contribution is -2.22. The highest BCUT2D eigenvalue weighted by Gasteiger charge is 2.10. The molecule has 0 atom stereocenters. The summed E-state index contributed by atoms with van der Waals surface area (Å²) in [4.78, 5) is 13.5. The fourth-order valence-electron chi connectivity index (χ4n) is 1.94. The summed E-state index contributed by atoms with van der Waals surface area (Å²) >= 11 is 0. The number of benzene rings is 1. The van der Waals surface area contributed by atoms with E-state index >= 15 is 0 Å². The average Bonchev–Trinajstić information content (AvgIpc) is 2.85. The number of nitrogens with two attached hydrogens (primary N) is 1. The highest BCUT2D eigenvalue weighted by molar-refractivity contribution is 5.95. The second-order valence-electron chi connectivity index (χ2n) is 5.04. The quantitative estimate of drug-likeness (QED) is 0.793. The van der Waals surface area contributed by atoms with Crippen LogP contribution in [0, 0.1) is 0 Å². The van der Waals surface area contributed by atoms with Gasteiger partial charge in [-0.05, 0) is 18.2 Å². The number of nitrogens with one attached hydrogen (secondary N) is 1. The standard InChI is InChI=1S/C14H20N6O/c1-19(2)14(21)10-4-5-11(15)12(8-10)16-7-6-13-18-17-9-20(13)3/h4-5,8-9,16H,6-7,15H2,1-3H3. The number of carbonyl (C=O) groups excluding carboxylic acids is 1. The number of anilines is 2. The van der Waals surface area contributed by atoms with Gasteiger partial charge >= 0.3 is 0 Å². The Bertz CT molecular complexity index is 634. The molecule has 0 radical (unpaired) electrons. The van der Waals surface area contributed by atoms with Gasteiger partial charge in [0.15, 0.2) is 0 Å². The van der Waals surface area contributed by atoms with E-state index in [1.807, 2.05) is 11.6 Å². The molecule has 0 saturated heterocycles. The predicted molar refractivity (Wildman–Crippen MR) is 82.1 cm³/mol. The van der Waals surface area contributed by atoms with Gasteiger partial charge in [0.25, 0.3) is 5.91 Å². The van der Waals surface area contributed by atoms with Gasteiger partial charge in [0, 0.05) is 39.7 Å². The van der Waals surface area contributed by atoms with E-state index in [0.29, 0.717) is 17.8 Å². The zero-order valence-corrected chi connectivity index (χ0v) is 12.5. The molecule has 0 aliphatic carbocycles. The number of hydrogen-bond donors (Lipinski definition) is 2. The van der Waals surface area contributed by atoms with Crippen molar-refractivity contribution < 1.29 is 4.79 Å². The molecule has 2 aromatic rings. The van der Waals surface area contributed by atoms with Crippen molar-refractivity contribution in [1.29, 1.82) is 0 Å². The first-order chi connectivity index (χ1) is 9.99. The zero-order valence-electron chi connectivity index (χ0n) is 12.5. The van der Waals surface area contributed by atoms with Crippen LogP contribution in [0.5, 0.6) is 0 Å². The van der Waals surface area contributed by atoms with Gasteiger partial charge in [-0.2, -0.15) is 0 Å². The van der Waals surface area contributed by atoms with E-state index in [0.717, 1.165) is 17.9 Å². The first-order valence-electron chi connectivity index (χ1n) is 6.67. The number of amides is 1. The third-order valence-electron chi connectivity index (χ3n) is 3.18. The van der Waals surface area contributed by atoms with Crippen molar-refractivity contribution in [3.05, 3.63) is 35.9 Å². The summed E-state index contributed by atoms with van der Waals surface area (Å²) in [6.45, 7) is 0.663. The van der Waals surface area contributed by atoms with Crippen LogP contribution in [0.4, 0.5) is 11.4 Å². The SMILES string of the molecule is CN(C)C(=O)c1ccc(N)c(NCCc2nncn2C)c1. The minimum atomic E-state index is -0.0497. The Kier molecular flexibility index (Phi) is 4.42. The fourth-order valence-corrected chi connectivity index (χ4v) is 1.94. The van der Waals surface area contributed by atoms with Crippen molar-refractivity contribution >= 4 is 17.3 Å². The summed E-state index contributed by atoms with van der Waals surface area (Å²) in [5.41, 5.74) is 7.91. The number of aromatic nitrogens is 3. The Hall–Kier alpha value is -2.57. The molecule has 0 unspecified atom stereocenters. The van der Waals surface area contributed by atoms with Gasteiger partial charge in [0.2, 0.25) is 0 Å². The van der Waals surface area contributed by atoms with Crippen molar-refractivity contribution in [1.82, 2.24) is 19.7 Å². The van der Waals surface area contributed by atoms with Gasteiger partial charge < -0.3 is 20.5 Å². The van der Waals surface area contributed by atoms with Crippen molar-refractivity contribution in [2.45, 2.75) is 6.42 Å². The molecule has 0 spiro atoms. The van der Waals surface area contributed by atoms with Crippen LogP contribution in [-0.2, 0) is 13.5 Å². The van der Waals surface area contributed by atoms with Crippen LogP contribution in [0.2, 0.25) is 0 Å². The van der Waals surface area contributed by atoms with E-state index in [-0.39, 0.29) is 5.91 Å². The lowest BCUT2D eigenvalue weighted by Gasteiger charge is -2.14. The molecule has 1 amide bonds. The van der Waals surface area contributed by atoms with E-state index in [1.54, 1.807) is 38.6 Å². The Morgan fingerprint density at radius 1 is 1.43 bits per heavy atom. The Labute approximate surface area is 123 Å². The monoisotopic (exact) mass is 288 g/mol. The van der Waals surface area contributed by atoms with Gasteiger partial charge in [-0.3, -0.25) is 4.79 Å². The number of nitrogen functional groups attached to an aromatic ring is 1. The summed E-state index contributed by atoms with van der Waals surface area (Å²) < 4.78 is 1.87. The summed E-state index contributed by atoms with van der Waals surface area (Å²) in [5, 5.41) is 11.1. The molecule has 0 bridgehead atoms. The predicted octanol–water partition coefficient (Wildman–Crippen LogP) is 0.754. The van der Waals surface area contributed by atoms with Crippen molar-refractivity contribution in [3.63, 3.8) is 0 Å². The topological polar surface area (TPSA) is 89.1 Å². The molecule has 112 valence electrons. The maximum atomic E-state index is 11.9. The van der Waals surface area contributed by atoms with E-state index in [4.69, 9.17) is 5.73 Å². The first-order valence-corrected chi connectivity index (χ1v) is 6.67. The molecular weight excluding hydrogens is 268 g/mol. The molecule has 1 heterocycles. The van der Waals surface area contributed by atoms with Gasteiger partial charge in [-0.1, -0.05) is 0 Å². The third-order valence-corrected chi connectivity index (χ3v) is 3.18. The van der Waals surface area contributed by atoms with Crippen LogP contribution in [0.3, 0.4) is 0 Å². The Morgan fingerprint density at radius 3 is 2.81 bits per heavy atom. The number of aryl methyl sites for hydroxylation is 1. The molecule has 7 heteroatoms. The molecule has 2 rings (SSSR count). The number of rotatable bonds is 5. The van der Waals surface area contributed by atoms with Gasteiger partial charge in [-0.25, -0.2) is 0 Å². The maximum Gasteiger partial charge on any atom is 0.253 e. The van der Waals surface area contributed by atoms with Crippen LogP contribution in [0.1, 0.15) is 16.2 Å². The molecule has 0 aliphatic rings. The number of carbonyl (C=O) groups is 1. The van der Waals surface area contributed by atoms with Crippen LogP contribution in [-0.4, -0.2) is 46.2 Å². The summed E-state index contributed by atoms with van der Waals surface area (Å²) in [7, 11) is 5.35. The molecule has 0 fully saturated rings. The number of hydrogen-bond acceptors (Lipinski definition) is 5. The number of nitrogens with zero attached hydrogens (tertiary/aromatic N) is 4. The third kappa shape index (κ3) is 3.50. The summed E-state index contributed by atoms with van der Waals surface area (Å²) in [6.07, 6.45) is 2.39. The lowest BCUT2D eigenvalue weighted by molar-refractivity contribution is 0.0827. The smallest absolute Gasteiger partial charge is 0.253 e. The first kappa shape index (κ1) is 14.8. The maximum absolute atomic E-state index is 11.9. The van der Waals surface area contributed by atoms with Crippen molar-refractivity contribution in [2.75, 3.05) is 31.7 Å². The van der Waals surface area contributed by atoms with Crippen LogP contribution < -0.4 is 11.1 Å². The molecule has 21 heavy (non-hydrogen) atoms. The lowest BCUT2D eigenvalue weighted by atomic mass is 10.1. The van der Waals surface area contributed by atoms with Gasteiger partial charge in [0.05, 0.1) is 11.4 Å². The molecular formula is C14H20N6O. The van der Waals surface area contributed by atoms with Crippen LogP contribution in [0.25, 0.3) is 0 Å². The zero-order chi connectivity index (χ0) is 15.4. The highest BCUT2D eigenvalue weighted by atomic mass is 16.2. The molecule has 0 aliphatic heterocycles. The van der Waals surface area contributed by atoms with Crippen LogP contribution in [0.15, 0.2) is 24.5 Å². The normalized spacial score (nSPS) is 10.4.